The van der Waals surface area contributed by atoms with Gasteiger partial charge in [-0.1, -0.05) is 43.1 Å². The van der Waals surface area contributed by atoms with Gasteiger partial charge >= 0.3 is 0 Å². The minimum absolute atomic E-state index is 0.151. The normalized spacial score (nSPS) is 11.1. The van der Waals surface area contributed by atoms with Crippen molar-refractivity contribution in [2.24, 2.45) is 0 Å². The molecule has 0 fully saturated rings. The van der Waals surface area contributed by atoms with Crippen LogP contribution in [0.5, 0.6) is 11.8 Å². The van der Waals surface area contributed by atoms with Crippen LogP contribution < -0.4 is 9.47 Å². The van der Waals surface area contributed by atoms with E-state index in [9.17, 15) is 8.42 Å². The molecule has 0 aliphatic rings. The second kappa shape index (κ2) is 9.58. The van der Waals surface area contributed by atoms with Gasteiger partial charge in [0.15, 0.2) is 5.65 Å². The molecule has 0 unspecified atom stereocenters. The molecule has 0 saturated heterocycles. The largest absolute Gasteiger partial charge is 0.481 e. The lowest BCUT2D eigenvalue weighted by Crippen LogP contribution is -2.12. The van der Waals surface area contributed by atoms with Gasteiger partial charge in [-0.05, 0) is 31.2 Å². The van der Waals surface area contributed by atoms with Crippen molar-refractivity contribution in [2.45, 2.75) is 25.7 Å². The molecule has 3 heterocycles. The third kappa shape index (κ3) is 4.16. The van der Waals surface area contributed by atoms with E-state index in [-0.39, 0.29) is 16.4 Å². The average molecular weight is 474 g/mol. The van der Waals surface area contributed by atoms with E-state index in [4.69, 9.17) is 21.1 Å². The number of aryl methyl sites for hydroxylation is 1. The summed E-state index contributed by atoms with van der Waals surface area (Å²) in [5, 5.41) is 0.853. The molecule has 3 aromatic heterocycles. The van der Waals surface area contributed by atoms with Crippen molar-refractivity contribution in [2.75, 3.05) is 14.2 Å². The SMILES string of the molecule is CC.COc1ccc(-c2cn(S(=O)(=O)c3ccc(C)cc3)c3nccc(Cl)c23)c(OC)n1. The molecule has 0 atom stereocenters. The van der Waals surface area contributed by atoms with Gasteiger partial charge < -0.3 is 9.47 Å². The van der Waals surface area contributed by atoms with Crippen LogP contribution in [0.2, 0.25) is 5.02 Å². The highest BCUT2D eigenvalue weighted by molar-refractivity contribution is 7.90. The van der Waals surface area contributed by atoms with Gasteiger partial charge in [-0.25, -0.2) is 17.4 Å². The predicted octanol–water partition coefficient (Wildman–Crippen LogP) is 5.34. The van der Waals surface area contributed by atoms with E-state index in [1.807, 2.05) is 20.8 Å². The molecular formula is C23H24ClN3O4S. The summed E-state index contributed by atoms with van der Waals surface area (Å²) in [6, 6.07) is 11.6. The predicted molar refractivity (Wildman–Crippen MR) is 126 cm³/mol. The topological polar surface area (TPSA) is 83.3 Å². The van der Waals surface area contributed by atoms with Crippen molar-refractivity contribution in [3.8, 4) is 22.9 Å². The first-order valence-electron chi connectivity index (χ1n) is 9.94. The molecule has 0 spiro atoms. The number of aromatic nitrogens is 3. The lowest BCUT2D eigenvalue weighted by molar-refractivity contribution is 0.366. The van der Waals surface area contributed by atoms with E-state index in [1.165, 1.54) is 26.6 Å². The summed E-state index contributed by atoms with van der Waals surface area (Å²) in [7, 11) is -0.927. The highest BCUT2D eigenvalue weighted by Crippen LogP contribution is 2.40. The van der Waals surface area contributed by atoms with E-state index in [0.29, 0.717) is 27.4 Å². The van der Waals surface area contributed by atoms with Gasteiger partial charge in [-0.15, -0.1) is 0 Å². The van der Waals surface area contributed by atoms with Crippen LogP contribution >= 0.6 is 11.6 Å². The number of benzene rings is 1. The van der Waals surface area contributed by atoms with Crippen molar-refractivity contribution in [1.29, 1.82) is 0 Å². The Labute approximate surface area is 192 Å². The number of hydrogen-bond acceptors (Lipinski definition) is 6. The van der Waals surface area contributed by atoms with Crippen LogP contribution in [0.25, 0.3) is 22.2 Å². The Bertz CT molecular complexity index is 1350. The number of hydrogen-bond donors (Lipinski definition) is 0. The molecule has 0 aliphatic carbocycles. The second-order valence-electron chi connectivity index (χ2n) is 6.56. The Morgan fingerprint density at radius 2 is 1.62 bits per heavy atom. The lowest BCUT2D eigenvalue weighted by atomic mass is 10.1. The number of rotatable bonds is 5. The maximum atomic E-state index is 13.4. The van der Waals surface area contributed by atoms with Gasteiger partial charge in [0.05, 0.1) is 24.1 Å². The van der Waals surface area contributed by atoms with Crippen LogP contribution in [-0.4, -0.2) is 36.6 Å². The fourth-order valence-corrected chi connectivity index (χ4v) is 4.76. The first kappa shape index (κ1) is 23.6. The molecule has 0 aliphatic heterocycles. The summed E-state index contributed by atoms with van der Waals surface area (Å²) in [5.74, 6) is 0.650. The number of fused-ring (bicyclic) bond motifs is 1. The summed E-state index contributed by atoms with van der Waals surface area (Å²) in [6.07, 6.45) is 2.96. The molecule has 0 radical (unpaired) electrons. The van der Waals surface area contributed by atoms with Crippen LogP contribution in [0, 0.1) is 6.92 Å². The summed E-state index contributed by atoms with van der Waals surface area (Å²) in [6.45, 7) is 5.89. The van der Waals surface area contributed by atoms with Gasteiger partial charge in [0.2, 0.25) is 11.8 Å². The van der Waals surface area contributed by atoms with Gasteiger partial charge in [-0.2, -0.15) is 4.98 Å². The second-order valence-corrected chi connectivity index (χ2v) is 8.78. The molecule has 32 heavy (non-hydrogen) atoms. The zero-order valence-electron chi connectivity index (χ0n) is 18.5. The third-order valence-corrected chi connectivity index (χ3v) is 6.69. The Morgan fingerprint density at radius 3 is 2.25 bits per heavy atom. The molecule has 4 aromatic rings. The minimum atomic E-state index is -3.91. The standard InChI is InChI=1S/C21H18ClN3O4S.C2H6/c1-13-4-6-14(7-5-13)30(26,27)25-12-16(19-17(22)10-11-23-20(19)25)15-8-9-18(28-2)24-21(15)29-3;1-2/h4-12H,1-3H3;1-2H3. The fourth-order valence-electron chi connectivity index (χ4n) is 3.20. The van der Waals surface area contributed by atoms with Gasteiger partial charge in [0.25, 0.3) is 10.0 Å². The van der Waals surface area contributed by atoms with Gasteiger partial charge in [0.1, 0.15) is 0 Å². The summed E-state index contributed by atoms with van der Waals surface area (Å²) in [4.78, 5) is 8.75. The number of halogens is 1. The fraction of sp³-hybridized carbons (Fsp3) is 0.217. The van der Waals surface area contributed by atoms with Crippen LogP contribution in [0.1, 0.15) is 19.4 Å². The Balaban J connectivity index is 0.00000141. The van der Waals surface area contributed by atoms with Crippen molar-refractivity contribution < 1.29 is 17.9 Å². The summed E-state index contributed by atoms with van der Waals surface area (Å²) < 4.78 is 38.5. The molecule has 168 valence electrons. The van der Waals surface area contributed by atoms with E-state index >= 15 is 0 Å². The number of nitrogens with zero attached hydrogens (tertiary/aromatic N) is 3. The molecule has 0 N–H and O–H groups in total. The molecule has 9 heteroatoms. The van der Waals surface area contributed by atoms with Crippen molar-refractivity contribution in [3.05, 3.63) is 65.4 Å². The highest BCUT2D eigenvalue weighted by Gasteiger charge is 2.25. The quantitative estimate of drug-likeness (QED) is 0.389. The monoisotopic (exact) mass is 473 g/mol. The van der Waals surface area contributed by atoms with Crippen molar-refractivity contribution >= 4 is 32.7 Å². The summed E-state index contributed by atoms with van der Waals surface area (Å²) in [5.41, 5.74) is 2.28. The molecule has 1 aromatic carbocycles. The molecule has 4 rings (SSSR count). The smallest absolute Gasteiger partial charge is 0.269 e. The van der Waals surface area contributed by atoms with E-state index in [1.54, 1.807) is 42.5 Å². The maximum absolute atomic E-state index is 13.4. The van der Waals surface area contributed by atoms with Crippen LogP contribution in [0.4, 0.5) is 0 Å². The number of pyridine rings is 2. The molecular weight excluding hydrogens is 450 g/mol. The number of methoxy groups -OCH3 is 2. The van der Waals surface area contributed by atoms with Gasteiger partial charge in [0, 0.05) is 35.0 Å². The Morgan fingerprint density at radius 1 is 0.938 bits per heavy atom. The number of ether oxygens (including phenoxy) is 2. The molecule has 0 saturated carbocycles. The first-order chi connectivity index (χ1) is 15.4. The Hall–Kier alpha value is -3.10. The van der Waals surface area contributed by atoms with Crippen molar-refractivity contribution in [1.82, 2.24) is 13.9 Å². The molecule has 0 amide bonds. The van der Waals surface area contributed by atoms with E-state index in [0.717, 1.165) is 9.54 Å². The van der Waals surface area contributed by atoms with E-state index < -0.39 is 10.0 Å². The zero-order valence-corrected chi connectivity index (χ0v) is 20.0. The lowest BCUT2D eigenvalue weighted by Gasteiger charge is -2.08. The average Bonchev–Trinajstić information content (AvgIpc) is 3.22. The molecule has 7 nitrogen and oxygen atoms in total. The van der Waals surface area contributed by atoms with E-state index in [2.05, 4.69) is 9.97 Å². The summed E-state index contributed by atoms with van der Waals surface area (Å²) >= 11 is 6.46. The maximum Gasteiger partial charge on any atom is 0.269 e. The first-order valence-corrected chi connectivity index (χ1v) is 11.8. The van der Waals surface area contributed by atoms with Crippen LogP contribution in [-0.2, 0) is 10.0 Å². The highest BCUT2D eigenvalue weighted by atomic mass is 35.5. The minimum Gasteiger partial charge on any atom is -0.481 e. The zero-order chi connectivity index (χ0) is 23.5. The Kier molecular flexibility index (Phi) is 7.06. The van der Waals surface area contributed by atoms with Crippen LogP contribution in [0.3, 0.4) is 0 Å². The third-order valence-electron chi connectivity index (χ3n) is 4.71. The molecule has 0 bridgehead atoms. The van der Waals surface area contributed by atoms with Crippen LogP contribution in [0.15, 0.2) is 59.8 Å². The van der Waals surface area contributed by atoms with Gasteiger partial charge in [-0.3, -0.25) is 0 Å². The van der Waals surface area contributed by atoms with Crippen molar-refractivity contribution in [3.63, 3.8) is 0 Å².